The van der Waals surface area contributed by atoms with Gasteiger partial charge in [0.1, 0.15) is 5.75 Å². The molecule has 18 heavy (non-hydrogen) atoms. The molecule has 2 aromatic rings. The first kappa shape index (κ1) is 12.0. The number of hydrogen-bond donors (Lipinski definition) is 3. The van der Waals surface area contributed by atoms with Gasteiger partial charge in [-0.05, 0) is 24.6 Å². The van der Waals surface area contributed by atoms with Crippen molar-refractivity contribution in [1.29, 1.82) is 0 Å². The Kier molecular flexibility index (Phi) is 3.18. The van der Waals surface area contributed by atoms with Crippen LogP contribution in [0.25, 0.3) is 11.1 Å². The number of nitrogens with zero attached hydrogens (tertiary/aromatic N) is 1. The summed E-state index contributed by atoms with van der Waals surface area (Å²) in [5, 5.41) is 15.1. The van der Waals surface area contributed by atoms with E-state index in [4.69, 9.17) is 15.6 Å². The summed E-state index contributed by atoms with van der Waals surface area (Å²) in [6.45, 7) is 2.47. The van der Waals surface area contributed by atoms with E-state index in [0.29, 0.717) is 17.7 Å². The molecular weight excluding hydrogens is 234 g/mol. The third kappa shape index (κ3) is 2.13. The van der Waals surface area contributed by atoms with Gasteiger partial charge < -0.3 is 15.6 Å². The Labute approximate surface area is 103 Å². The number of aromatic nitrogens is 2. The van der Waals surface area contributed by atoms with E-state index < -0.39 is 5.97 Å². The van der Waals surface area contributed by atoms with Crippen molar-refractivity contribution >= 4 is 11.8 Å². The monoisotopic (exact) mass is 247 g/mol. The Balaban J connectivity index is 2.42. The molecule has 0 spiro atoms. The van der Waals surface area contributed by atoms with Gasteiger partial charge in [-0.25, -0.2) is 4.79 Å². The molecule has 0 saturated heterocycles. The molecule has 0 aliphatic carbocycles. The Hall–Kier alpha value is -2.50. The smallest absolute Gasteiger partial charge is 0.354 e. The topological polar surface area (TPSA) is 101 Å². The Morgan fingerprint density at radius 2 is 2.11 bits per heavy atom. The largest absolute Gasteiger partial charge is 0.494 e. The average molecular weight is 247 g/mol. The first-order valence-electron chi connectivity index (χ1n) is 5.43. The molecule has 2 rings (SSSR count). The number of carbonyl (C=O) groups is 1. The maximum atomic E-state index is 11.0. The van der Waals surface area contributed by atoms with Crippen molar-refractivity contribution in [3.05, 3.63) is 30.0 Å². The number of carboxylic acid groups (broad SMARTS) is 1. The van der Waals surface area contributed by atoms with Crippen molar-refractivity contribution in [3.8, 4) is 16.9 Å². The molecule has 1 aromatic carbocycles. The maximum absolute atomic E-state index is 11.0. The zero-order valence-corrected chi connectivity index (χ0v) is 9.80. The Morgan fingerprint density at radius 3 is 2.67 bits per heavy atom. The number of aromatic carboxylic acids is 1. The number of rotatable bonds is 4. The van der Waals surface area contributed by atoms with Crippen molar-refractivity contribution in [2.24, 2.45) is 0 Å². The van der Waals surface area contributed by atoms with Crippen molar-refractivity contribution in [2.45, 2.75) is 6.92 Å². The first-order valence-corrected chi connectivity index (χ1v) is 5.43. The molecule has 1 heterocycles. The highest BCUT2D eigenvalue weighted by molar-refractivity contribution is 5.97. The molecule has 6 nitrogen and oxygen atoms in total. The summed E-state index contributed by atoms with van der Waals surface area (Å²) < 4.78 is 5.32. The molecule has 0 amide bonds. The molecule has 0 unspecified atom stereocenters. The van der Waals surface area contributed by atoms with Crippen LogP contribution in [0.4, 0.5) is 5.82 Å². The lowest BCUT2D eigenvalue weighted by Crippen LogP contribution is -1.99. The summed E-state index contributed by atoms with van der Waals surface area (Å²) in [6.07, 6.45) is 0. The fourth-order valence-electron chi connectivity index (χ4n) is 1.69. The summed E-state index contributed by atoms with van der Waals surface area (Å²) in [7, 11) is 0. The number of nitrogen functional groups attached to an aromatic ring is 1. The van der Waals surface area contributed by atoms with E-state index in [1.165, 1.54) is 0 Å². The SMILES string of the molecule is CCOc1ccc(-c2c(N)n[nH]c2C(=O)O)cc1. The number of carboxylic acids is 1. The number of aromatic amines is 1. The van der Waals surface area contributed by atoms with Gasteiger partial charge in [0.2, 0.25) is 0 Å². The molecular formula is C12H13N3O3. The minimum absolute atomic E-state index is 0.0170. The number of anilines is 1. The van der Waals surface area contributed by atoms with Crippen molar-refractivity contribution in [1.82, 2.24) is 10.2 Å². The zero-order chi connectivity index (χ0) is 13.1. The normalized spacial score (nSPS) is 10.3. The predicted octanol–water partition coefficient (Wildman–Crippen LogP) is 1.76. The second kappa shape index (κ2) is 4.79. The van der Waals surface area contributed by atoms with Gasteiger partial charge in [-0.2, -0.15) is 5.10 Å². The van der Waals surface area contributed by atoms with Crippen LogP contribution < -0.4 is 10.5 Å². The lowest BCUT2D eigenvalue weighted by Gasteiger charge is -2.05. The molecule has 0 atom stereocenters. The minimum atomic E-state index is -1.09. The van der Waals surface area contributed by atoms with Gasteiger partial charge in [-0.3, -0.25) is 5.10 Å². The van der Waals surface area contributed by atoms with Crippen LogP contribution in [0.1, 0.15) is 17.4 Å². The van der Waals surface area contributed by atoms with Crippen molar-refractivity contribution < 1.29 is 14.6 Å². The van der Waals surface area contributed by atoms with Gasteiger partial charge >= 0.3 is 5.97 Å². The predicted molar refractivity (Wildman–Crippen MR) is 66.6 cm³/mol. The average Bonchev–Trinajstić information content (AvgIpc) is 2.73. The van der Waals surface area contributed by atoms with Crippen molar-refractivity contribution in [2.75, 3.05) is 12.3 Å². The summed E-state index contributed by atoms with van der Waals surface area (Å²) in [5.41, 5.74) is 6.73. The standard InChI is InChI=1S/C12H13N3O3/c1-2-18-8-5-3-7(4-6-8)9-10(12(16)17)14-15-11(9)13/h3-6H,2H2,1H3,(H,16,17)(H3,13,14,15). The summed E-state index contributed by atoms with van der Waals surface area (Å²) >= 11 is 0. The Bertz CT molecular complexity index is 560. The molecule has 0 aliphatic rings. The van der Waals surface area contributed by atoms with Crippen LogP contribution in [-0.2, 0) is 0 Å². The number of nitrogens with two attached hydrogens (primary N) is 1. The molecule has 0 aliphatic heterocycles. The van der Waals surface area contributed by atoms with Crippen LogP contribution in [0.15, 0.2) is 24.3 Å². The fraction of sp³-hybridized carbons (Fsp3) is 0.167. The number of ether oxygens (including phenoxy) is 1. The van der Waals surface area contributed by atoms with E-state index in [1.54, 1.807) is 24.3 Å². The van der Waals surface area contributed by atoms with Gasteiger partial charge in [0.25, 0.3) is 0 Å². The van der Waals surface area contributed by atoms with E-state index >= 15 is 0 Å². The highest BCUT2D eigenvalue weighted by atomic mass is 16.5. The number of H-pyrrole nitrogens is 1. The van der Waals surface area contributed by atoms with Gasteiger partial charge in [-0.1, -0.05) is 12.1 Å². The number of hydrogen-bond acceptors (Lipinski definition) is 4. The number of nitrogens with one attached hydrogen (secondary N) is 1. The molecule has 1 aromatic heterocycles. The van der Waals surface area contributed by atoms with E-state index in [-0.39, 0.29) is 11.5 Å². The molecule has 0 bridgehead atoms. The molecule has 94 valence electrons. The highest BCUT2D eigenvalue weighted by Gasteiger charge is 2.18. The first-order chi connectivity index (χ1) is 8.63. The lowest BCUT2D eigenvalue weighted by molar-refractivity contribution is 0.0691. The van der Waals surface area contributed by atoms with E-state index in [1.807, 2.05) is 6.92 Å². The molecule has 0 saturated carbocycles. The van der Waals surface area contributed by atoms with Crippen LogP contribution in [-0.4, -0.2) is 27.9 Å². The van der Waals surface area contributed by atoms with Gasteiger partial charge in [0.05, 0.1) is 12.2 Å². The summed E-state index contributed by atoms with van der Waals surface area (Å²) in [5.74, 6) is -0.208. The second-order valence-corrected chi connectivity index (χ2v) is 3.62. The van der Waals surface area contributed by atoms with Crippen LogP contribution in [0.2, 0.25) is 0 Å². The quantitative estimate of drug-likeness (QED) is 0.764. The summed E-state index contributed by atoms with van der Waals surface area (Å²) in [6, 6.07) is 7.02. The van der Waals surface area contributed by atoms with Crippen LogP contribution in [0.3, 0.4) is 0 Å². The number of benzene rings is 1. The second-order valence-electron chi connectivity index (χ2n) is 3.62. The lowest BCUT2D eigenvalue weighted by atomic mass is 10.1. The van der Waals surface area contributed by atoms with Crippen molar-refractivity contribution in [3.63, 3.8) is 0 Å². The molecule has 4 N–H and O–H groups in total. The third-order valence-corrected chi connectivity index (χ3v) is 2.46. The molecule has 6 heteroatoms. The highest BCUT2D eigenvalue weighted by Crippen LogP contribution is 2.29. The fourth-order valence-corrected chi connectivity index (χ4v) is 1.69. The van der Waals surface area contributed by atoms with Crippen LogP contribution in [0, 0.1) is 0 Å². The third-order valence-electron chi connectivity index (χ3n) is 2.46. The summed E-state index contributed by atoms with van der Waals surface area (Å²) in [4.78, 5) is 11.0. The Morgan fingerprint density at radius 1 is 1.44 bits per heavy atom. The molecule has 0 radical (unpaired) electrons. The zero-order valence-electron chi connectivity index (χ0n) is 9.80. The maximum Gasteiger partial charge on any atom is 0.354 e. The van der Waals surface area contributed by atoms with Gasteiger partial charge in [0, 0.05) is 0 Å². The van der Waals surface area contributed by atoms with Gasteiger partial charge in [-0.15, -0.1) is 0 Å². The van der Waals surface area contributed by atoms with E-state index in [0.717, 1.165) is 5.75 Å². The van der Waals surface area contributed by atoms with E-state index in [2.05, 4.69) is 10.2 Å². The van der Waals surface area contributed by atoms with Crippen LogP contribution >= 0.6 is 0 Å². The van der Waals surface area contributed by atoms with Crippen LogP contribution in [0.5, 0.6) is 5.75 Å². The molecule has 0 fully saturated rings. The minimum Gasteiger partial charge on any atom is -0.494 e. The van der Waals surface area contributed by atoms with E-state index in [9.17, 15) is 4.79 Å². The van der Waals surface area contributed by atoms with Gasteiger partial charge in [0.15, 0.2) is 11.5 Å².